The zero-order chi connectivity index (χ0) is 53.8. The summed E-state index contributed by atoms with van der Waals surface area (Å²) in [7, 11) is 4.37. The van der Waals surface area contributed by atoms with Gasteiger partial charge in [-0.25, -0.2) is 9.69 Å². The van der Waals surface area contributed by atoms with Crippen molar-refractivity contribution in [3.63, 3.8) is 0 Å². The highest BCUT2D eigenvalue weighted by Gasteiger charge is 2.13. The summed E-state index contributed by atoms with van der Waals surface area (Å²) in [4.78, 5) is 20.7. The first-order chi connectivity index (χ1) is 37.0. The molecule has 0 unspecified atom stereocenters. The SMILES string of the molecule is CO/N=C(\N)c1ccc(-c2ccc(-c3ccc(-c4ccc(/C(N)=N/OC)cc4)o3)o2)cc1.CO/N=C(\N)c1ccc(-c2ccc(Br)o2)cc1.[C-]#[N+]c1ccc(-c2ccc(Br)o2)cc1.[C-]#[N+]c1ccc(-c2ccco2)cc1. The second kappa shape index (κ2) is 26.8. The summed E-state index contributed by atoms with van der Waals surface area (Å²) in [5.74, 6) is 6.07. The van der Waals surface area contributed by atoms with E-state index in [1.54, 1.807) is 30.5 Å². The highest BCUT2D eigenvalue weighted by molar-refractivity contribution is 9.10. The maximum atomic E-state index is 6.82. The van der Waals surface area contributed by atoms with E-state index in [2.05, 4.69) is 61.9 Å². The molecule has 0 atom stereocenters. The molecule has 16 nitrogen and oxygen atoms in total. The van der Waals surface area contributed by atoms with Crippen LogP contribution in [0.15, 0.2) is 235 Å². The second-order valence-corrected chi connectivity index (χ2v) is 17.1. The fourth-order valence-corrected chi connectivity index (χ4v) is 7.52. The molecule has 0 radical (unpaired) electrons. The maximum absolute atomic E-state index is 6.82. The van der Waals surface area contributed by atoms with Gasteiger partial charge in [0.05, 0.1) is 19.4 Å². The molecule has 0 spiro atoms. The quantitative estimate of drug-likeness (QED) is 0.0452. The van der Waals surface area contributed by atoms with Crippen LogP contribution in [0.2, 0.25) is 0 Å². The number of rotatable bonds is 12. The summed E-state index contributed by atoms with van der Waals surface area (Å²) < 4.78 is 29.5. The Morgan fingerprint density at radius 3 is 0.947 bits per heavy atom. The Morgan fingerprint density at radius 2 is 0.671 bits per heavy atom. The number of hydrogen-bond donors (Lipinski definition) is 3. The van der Waals surface area contributed by atoms with Crippen LogP contribution < -0.4 is 17.2 Å². The maximum Gasteiger partial charge on any atom is 0.187 e. The summed E-state index contributed by atoms with van der Waals surface area (Å²) in [5.41, 5.74) is 25.7. The van der Waals surface area contributed by atoms with Crippen LogP contribution in [0.5, 0.6) is 0 Å². The van der Waals surface area contributed by atoms with E-state index < -0.39 is 0 Å². The molecule has 10 rings (SSSR count). The highest BCUT2D eigenvalue weighted by Crippen LogP contribution is 2.33. The molecule has 5 aromatic heterocycles. The van der Waals surface area contributed by atoms with Gasteiger partial charge in [0.2, 0.25) is 0 Å². The summed E-state index contributed by atoms with van der Waals surface area (Å²) >= 11 is 6.51. The van der Waals surface area contributed by atoms with Gasteiger partial charge >= 0.3 is 0 Å². The van der Waals surface area contributed by atoms with Gasteiger partial charge in [-0.2, -0.15) is 0 Å². The predicted molar refractivity (Wildman–Crippen MR) is 301 cm³/mol. The monoisotopic (exact) mass is 1140 g/mol. The molecule has 0 bridgehead atoms. The molecule has 0 fully saturated rings. The zero-order valence-electron chi connectivity index (χ0n) is 40.9. The van der Waals surface area contributed by atoms with Crippen LogP contribution in [0.25, 0.3) is 77.8 Å². The van der Waals surface area contributed by atoms with E-state index in [4.69, 9.17) is 62.1 Å². The lowest BCUT2D eigenvalue weighted by molar-refractivity contribution is 0.213. The van der Waals surface area contributed by atoms with Crippen molar-refractivity contribution < 1.29 is 36.6 Å². The lowest BCUT2D eigenvalue weighted by atomic mass is 10.1. The molecule has 0 aliphatic carbocycles. The van der Waals surface area contributed by atoms with Crippen molar-refractivity contribution in [2.45, 2.75) is 0 Å². The average Bonchev–Trinajstić information content (AvgIpc) is 4.34. The first-order valence-electron chi connectivity index (χ1n) is 22.6. The third-order valence-corrected chi connectivity index (χ3v) is 11.5. The average molecular weight is 1140 g/mol. The molecule has 0 aliphatic rings. The van der Waals surface area contributed by atoms with Crippen LogP contribution in [0.1, 0.15) is 16.7 Å². The fraction of sp³-hybridized carbons (Fsp3) is 0.0517. The number of benzene rings is 5. The number of nitrogens with zero attached hydrogens (tertiary/aromatic N) is 5. The van der Waals surface area contributed by atoms with E-state index in [9.17, 15) is 0 Å². The molecule has 5 heterocycles. The molecular weight excluding hydrogens is 1100 g/mol. The van der Waals surface area contributed by atoms with Crippen molar-refractivity contribution in [1.82, 2.24) is 0 Å². The standard InChI is InChI=1S/C24H22N4O4.C12H11BrN2O2.C11H6BrNO.C11H7NO/c1-29-27-23(25)17-7-3-15(4-8-17)19-11-13-21(31-19)22-14-12-20(32-22)16-5-9-18(10-6-16)24(26)28-30-2;1-16-15-12(14)9-4-2-8(3-5-9)10-6-7-11(13)17-10;1-13-9-4-2-8(3-5-9)10-6-7-11(12)14-10;1-12-10-6-4-9(5-7-10)11-3-2-8-13-11/h3-14H,1-2H3,(H2,25,27)(H2,26,28);2-7H,1H3,(H2,14,15);2-7H;2-8H. The number of amidine groups is 3. The van der Waals surface area contributed by atoms with Crippen molar-refractivity contribution in [3.8, 4) is 68.1 Å². The van der Waals surface area contributed by atoms with E-state index in [0.717, 1.165) is 61.8 Å². The molecule has 10 aromatic rings. The van der Waals surface area contributed by atoms with E-state index in [0.29, 0.717) is 61.3 Å². The van der Waals surface area contributed by atoms with Crippen molar-refractivity contribution in [2.24, 2.45) is 32.7 Å². The number of halogens is 2. The second-order valence-electron chi connectivity index (χ2n) is 15.5. The number of hydrogen-bond acceptors (Lipinski definition) is 11. The van der Waals surface area contributed by atoms with Gasteiger partial charge in [-0.05, 0) is 92.5 Å². The zero-order valence-corrected chi connectivity index (χ0v) is 44.1. The van der Waals surface area contributed by atoms with E-state index in [1.807, 2.05) is 158 Å². The highest BCUT2D eigenvalue weighted by atomic mass is 79.9. The lowest BCUT2D eigenvalue weighted by Crippen LogP contribution is -2.13. The first-order valence-corrected chi connectivity index (χ1v) is 24.2. The van der Waals surface area contributed by atoms with Gasteiger partial charge in [0.25, 0.3) is 0 Å². The van der Waals surface area contributed by atoms with Crippen LogP contribution in [-0.2, 0) is 14.5 Å². The predicted octanol–water partition coefficient (Wildman–Crippen LogP) is 15.1. The molecule has 6 N–H and O–H groups in total. The van der Waals surface area contributed by atoms with Gasteiger partial charge in [-0.3, -0.25) is 0 Å². The Bertz CT molecular complexity index is 3500. The van der Waals surface area contributed by atoms with Gasteiger partial charge in [0.1, 0.15) is 50.1 Å². The van der Waals surface area contributed by atoms with Gasteiger partial charge in [0, 0.05) is 44.5 Å². The van der Waals surface area contributed by atoms with Gasteiger partial charge < -0.3 is 53.8 Å². The molecule has 0 saturated carbocycles. The van der Waals surface area contributed by atoms with Gasteiger partial charge in [0.15, 0.2) is 49.7 Å². The number of oxime groups is 3. The summed E-state index contributed by atoms with van der Waals surface area (Å²) in [6.45, 7) is 13.6. The van der Waals surface area contributed by atoms with Crippen LogP contribution >= 0.6 is 31.9 Å². The summed E-state index contributed by atoms with van der Waals surface area (Å²) in [6.07, 6.45) is 1.64. The van der Waals surface area contributed by atoms with Crippen molar-refractivity contribution >= 4 is 60.7 Å². The van der Waals surface area contributed by atoms with Crippen molar-refractivity contribution in [1.29, 1.82) is 0 Å². The topological polar surface area (TPSA) is 217 Å². The van der Waals surface area contributed by atoms with Crippen LogP contribution in [0, 0.1) is 13.1 Å². The minimum Gasteiger partial charge on any atom is -0.464 e. The molecule has 0 aliphatic heterocycles. The molecule has 18 heteroatoms. The molecule has 76 heavy (non-hydrogen) atoms. The number of furan rings is 5. The van der Waals surface area contributed by atoms with Crippen LogP contribution in [0.3, 0.4) is 0 Å². The first kappa shape index (κ1) is 54.0. The molecule has 0 amide bonds. The van der Waals surface area contributed by atoms with Gasteiger partial charge in [-0.1, -0.05) is 137 Å². The Morgan fingerprint density at radius 1 is 0.382 bits per heavy atom. The van der Waals surface area contributed by atoms with E-state index >= 15 is 0 Å². The van der Waals surface area contributed by atoms with Crippen molar-refractivity contribution in [2.75, 3.05) is 21.3 Å². The third kappa shape index (κ3) is 14.7. The smallest absolute Gasteiger partial charge is 0.187 e. The van der Waals surface area contributed by atoms with Gasteiger partial charge in [-0.15, -0.1) is 0 Å². The minimum absolute atomic E-state index is 0.309. The largest absolute Gasteiger partial charge is 0.464 e. The van der Waals surface area contributed by atoms with Crippen LogP contribution in [-0.4, -0.2) is 38.8 Å². The van der Waals surface area contributed by atoms with E-state index in [1.165, 1.54) is 21.3 Å². The lowest BCUT2D eigenvalue weighted by Gasteiger charge is -2.02. The third-order valence-electron chi connectivity index (χ3n) is 10.6. The fourth-order valence-electron chi connectivity index (χ4n) is 6.90. The minimum atomic E-state index is 0.309. The summed E-state index contributed by atoms with van der Waals surface area (Å²) in [5, 5.41) is 11.1. The number of nitrogens with two attached hydrogens (primary N) is 3. The van der Waals surface area contributed by atoms with Crippen molar-refractivity contribution in [3.05, 3.63) is 237 Å². The summed E-state index contributed by atoms with van der Waals surface area (Å²) in [6, 6.07) is 56.0. The van der Waals surface area contributed by atoms with E-state index in [-0.39, 0.29) is 0 Å². The Kier molecular flexibility index (Phi) is 19.1. The molecule has 5 aromatic carbocycles. The Labute approximate surface area is 454 Å². The molecule has 380 valence electrons. The van der Waals surface area contributed by atoms with Crippen LogP contribution in [0.4, 0.5) is 11.4 Å². The molecular formula is C58H46Br2N8O8. The molecule has 0 saturated heterocycles. The Hall–Kier alpha value is -9.75. The normalized spacial score (nSPS) is 11.1. The Balaban J connectivity index is 0.000000160.